The summed E-state index contributed by atoms with van der Waals surface area (Å²) < 4.78 is 11.9. The minimum Gasteiger partial charge on any atom is -0.482 e. The summed E-state index contributed by atoms with van der Waals surface area (Å²) in [5.41, 5.74) is 4.14. The van der Waals surface area contributed by atoms with Crippen LogP contribution in [0.4, 0.5) is 0 Å². The van der Waals surface area contributed by atoms with Gasteiger partial charge < -0.3 is 9.47 Å². The van der Waals surface area contributed by atoms with Gasteiger partial charge in [-0.05, 0) is 74.2 Å². The lowest BCUT2D eigenvalue weighted by Crippen LogP contribution is -2.18. The quantitative estimate of drug-likeness (QED) is 0.585. The van der Waals surface area contributed by atoms with Crippen molar-refractivity contribution in [2.45, 2.75) is 27.7 Å². The Balaban J connectivity index is 2.00. The maximum atomic E-state index is 12.0. The lowest BCUT2D eigenvalue weighted by Gasteiger charge is -2.12. The first-order valence-corrected chi connectivity index (χ1v) is 7.83. The normalized spacial score (nSPS) is 10.4. The molecule has 3 nitrogen and oxygen atoms in total. The zero-order valence-electron chi connectivity index (χ0n) is 13.2. The van der Waals surface area contributed by atoms with Crippen molar-refractivity contribution in [3.05, 3.63) is 57.1 Å². The van der Waals surface area contributed by atoms with E-state index in [4.69, 9.17) is 9.47 Å². The van der Waals surface area contributed by atoms with Crippen LogP contribution >= 0.6 is 15.9 Å². The van der Waals surface area contributed by atoms with E-state index in [1.165, 1.54) is 5.56 Å². The topological polar surface area (TPSA) is 35.5 Å². The van der Waals surface area contributed by atoms with Crippen LogP contribution < -0.4 is 9.47 Å². The highest BCUT2D eigenvalue weighted by Crippen LogP contribution is 2.27. The molecule has 0 heterocycles. The number of ether oxygens (including phenoxy) is 2. The number of esters is 1. The molecule has 0 bridgehead atoms. The Hall–Kier alpha value is -1.81. The van der Waals surface area contributed by atoms with Gasteiger partial charge in [-0.1, -0.05) is 22.0 Å². The lowest BCUT2D eigenvalue weighted by molar-refractivity contribution is -0.136. The van der Waals surface area contributed by atoms with Crippen LogP contribution in [0.1, 0.15) is 22.3 Å². The second-order valence-corrected chi connectivity index (χ2v) is 6.29. The molecule has 0 N–H and O–H groups in total. The predicted octanol–water partition coefficient (Wildman–Crippen LogP) is 4.67. The number of rotatable bonds is 4. The third-order valence-corrected chi connectivity index (χ3v) is 3.93. The van der Waals surface area contributed by atoms with E-state index in [1.54, 1.807) is 0 Å². The van der Waals surface area contributed by atoms with E-state index in [0.29, 0.717) is 11.5 Å². The average molecular weight is 363 g/mol. The van der Waals surface area contributed by atoms with E-state index < -0.39 is 5.97 Å². The molecule has 22 heavy (non-hydrogen) atoms. The Labute approximate surface area is 139 Å². The predicted molar refractivity (Wildman–Crippen MR) is 90.7 cm³/mol. The molecule has 0 radical (unpaired) electrons. The van der Waals surface area contributed by atoms with Crippen molar-refractivity contribution in [3.8, 4) is 11.5 Å². The summed E-state index contributed by atoms with van der Waals surface area (Å²) in [6.07, 6.45) is 0. The minimum absolute atomic E-state index is 0.114. The molecule has 0 atom stereocenters. The van der Waals surface area contributed by atoms with Crippen LogP contribution in [-0.2, 0) is 4.79 Å². The van der Waals surface area contributed by atoms with Crippen molar-refractivity contribution in [2.24, 2.45) is 0 Å². The van der Waals surface area contributed by atoms with E-state index in [-0.39, 0.29) is 6.61 Å². The molecule has 0 aliphatic carbocycles. The second kappa shape index (κ2) is 6.97. The molecule has 0 spiro atoms. The van der Waals surface area contributed by atoms with E-state index in [2.05, 4.69) is 15.9 Å². The van der Waals surface area contributed by atoms with Crippen LogP contribution in [-0.4, -0.2) is 12.6 Å². The molecule has 0 unspecified atom stereocenters. The van der Waals surface area contributed by atoms with Gasteiger partial charge in [-0.25, -0.2) is 4.79 Å². The fourth-order valence-corrected chi connectivity index (χ4v) is 2.83. The summed E-state index contributed by atoms with van der Waals surface area (Å²) in [5, 5.41) is 0. The summed E-state index contributed by atoms with van der Waals surface area (Å²) in [4.78, 5) is 12.0. The summed E-state index contributed by atoms with van der Waals surface area (Å²) in [6.45, 7) is 7.74. The van der Waals surface area contributed by atoms with Gasteiger partial charge in [0, 0.05) is 4.47 Å². The van der Waals surface area contributed by atoms with Crippen LogP contribution in [0.2, 0.25) is 0 Å². The summed E-state index contributed by atoms with van der Waals surface area (Å²) in [5.74, 6) is 0.855. The van der Waals surface area contributed by atoms with Gasteiger partial charge in [0.2, 0.25) is 0 Å². The molecule has 0 amide bonds. The van der Waals surface area contributed by atoms with Crippen molar-refractivity contribution < 1.29 is 14.3 Å². The summed E-state index contributed by atoms with van der Waals surface area (Å²) >= 11 is 3.42. The molecule has 2 rings (SSSR count). The molecule has 0 fully saturated rings. The molecule has 116 valence electrons. The number of hydrogen-bond acceptors (Lipinski definition) is 3. The van der Waals surface area contributed by atoms with Crippen molar-refractivity contribution in [3.63, 3.8) is 0 Å². The van der Waals surface area contributed by atoms with Gasteiger partial charge in [0.05, 0.1) is 0 Å². The molecule has 0 aliphatic heterocycles. The van der Waals surface area contributed by atoms with E-state index in [1.807, 2.05) is 58.0 Å². The van der Waals surface area contributed by atoms with Crippen molar-refractivity contribution >= 4 is 21.9 Å². The summed E-state index contributed by atoms with van der Waals surface area (Å²) in [7, 11) is 0. The number of aryl methyl sites for hydroxylation is 4. The molecule has 2 aromatic rings. The zero-order valence-corrected chi connectivity index (χ0v) is 14.8. The molecule has 2 aromatic carbocycles. The highest BCUT2D eigenvalue weighted by Gasteiger charge is 2.12. The van der Waals surface area contributed by atoms with Crippen LogP contribution in [0.5, 0.6) is 11.5 Å². The Morgan fingerprint density at radius 2 is 1.59 bits per heavy atom. The SMILES string of the molecule is Cc1ccc(OCC(=O)Oc2c(C)cc(Br)cc2C)cc1C. The Morgan fingerprint density at radius 1 is 0.955 bits per heavy atom. The third-order valence-electron chi connectivity index (χ3n) is 3.48. The van der Waals surface area contributed by atoms with Crippen LogP contribution in [0.25, 0.3) is 0 Å². The number of halogens is 1. The van der Waals surface area contributed by atoms with Gasteiger partial charge in [-0.15, -0.1) is 0 Å². The van der Waals surface area contributed by atoms with E-state index in [9.17, 15) is 4.79 Å². The van der Waals surface area contributed by atoms with Crippen molar-refractivity contribution in [1.82, 2.24) is 0 Å². The standard InChI is InChI=1S/C18H19BrO3/c1-11-5-6-16(9-12(11)2)21-10-17(20)22-18-13(3)7-15(19)8-14(18)4/h5-9H,10H2,1-4H3. The molecule has 0 saturated carbocycles. The molecule has 0 aromatic heterocycles. The smallest absolute Gasteiger partial charge is 0.349 e. The first kappa shape index (κ1) is 16.6. The highest BCUT2D eigenvalue weighted by molar-refractivity contribution is 9.10. The Bertz CT molecular complexity index is 684. The first-order valence-electron chi connectivity index (χ1n) is 7.04. The highest BCUT2D eigenvalue weighted by atomic mass is 79.9. The van der Waals surface area contributed by atoms with Crippen LogP contribution in [0, 0.1) is 27.7 Å². The molecule has 0 saturated heterocycles. The molecule has 4 heteroatoms. The Kier molecular flexibility index (Phi) is 5.24. The molecule has 0 aliphatic rings. The number of benzene rings is 2. The monoisotopic (exact) mass is 362 g/mol. The maximum absolute atomic E-state index is 12.0. The summed E-state index contributed by atoms with van der Waals surface area (Å²) in [6, 6.07) is 9.57. The lowest BCUT2D eigenvalue weighted by atomic mass is 10.1. The molecular weight excluding hydrogens is 344 g/mol. The number of carbonyl (C=O) groups is 1. The van der Waals surface area contributed by atoms with E-state index >= 15 is 0 Å². The van der Waals surface area contributed by atoms with Gasteiger partial charge in [-0.3, -0.25) is 0 Å². The second-order valence-electron chi connectivity index (χ2n) is 5.38. The first-order chi connectivity index (χ1) is 10.4. The number of hydrogen-bond donors (Lipinski definition) is 0. The van der Waals surface area contributed by atoms with Gasteiger partial charge in [-0.2, -0.15) is 0 Å². The minimum atomic E-state index is -0.410. The third kappa shape index (κ3) is 4.10. The Morgan fingerprint density at radius 3 is 2.18 bits per heavy atom. The fourth-order valence-electron chi connectivity index (χ4n) is 2.15. The van der Waals surface area contributed by atoms with Gasteiger partial charge in [0.25, 0.3) is 0 Å². The molecular formula is C18H19BrO3. The van der Waals surface area contributed by atoms with Crippen LogP contribution in [0.15, 0.2) is 34.8 Å². The van der Waals surface area contributed by atoms with Crippen molar-refractivity contribution in [2.75, 3.05) is 6.61 Å². The van der Waals surface area contributed by atoms with Crippen molar-refractivity contribution in [1.29, 1.82) is 0 Å². The van der Waals surface area contributed by atoms with E-state index in [0.717, 1.165) is 21.2 Å². The zero-order chi connectivity index (χ0) is 16.3. The average Bonchev–Trinajstić information content (AvgIpc) is 2.44. The fraction of sp³-hybridized carbons (Fsp3) is 0.278. The van der Waals surface area contributed by atoms with Gasteiger partial charge in [0.15, 0.2) is 6.61 Å². The maximum Gasteiger partial charge on any atom is 0.349 e. The van der Waals surface area contributed by atoms with Gasteiger partial charge >= 0.3 is 5.97 Å². The largest absolute Gasteiger partial charge is 0.482 e. The van der Waals surface area contributed by atoms with Gasteiger partial charge in [0.1, 0.15) is 11.5 Å². The van der Waals surface area contributed by atoms with Crippen LogP contribution in [0.3, 0.4) is 0 Å². The number of carbonyl (C=O) groups excluding carboxylic acids is 1.